The third kappa shape index (κ3) is 4.57. The fraction of sp³-hybridized carbons (Fsp3) is 0.200. The second-order valence-corrected chi connectivity index (χ2v) is 10.1. The van der Waals surface area contributed by atoms with Gasteiger partial charge in [-0.05, 0) is 72.7 Å². The Labute approximate surface area is 197 Å². The molecule has 4 aromatic rings. The molecule has 1 N–H and O–H groups in total. The van der Waals surface area contributed by atoms with Crippen LogP contribution in [0.4, 0.5) is 0 Å². The monoisotopic (exact) mass is 479 g/mol. The van der Waals surface area contributed by atoms with Crippen LogP contribution >= 0.6 is 11.6 Å². The van der Waals surface area contributed by atoms with Crippen molar-refractivity contribution in [3.63, 3.8) is 0 Å². The number of hydrogen-bond donors (Lipinski definition) is 1. The average molecular weight is 480 g/mol. The molecule has 0 radical (unpaired) electrons. The Kier molecular flexibility index (Phi) is 6.01. The number of aromatic nitrogens is 2. The second kappa shape index (κ2) is 9.09. The Morgan fingerprint density at radius 3 is 2.39 bits per heavy atom. The molecule has 33 heavy (non-hydrogen) atoms. The van der Waals surface area contributed by atoms with Crippen molar-refractivity contribution in [1.29, 1.82) is 0 Å². The van der Waals surface area contributed by atoms with E-state index >= 15 is 0 Å². The van der Waals surface area contributed by atoms with Gasteiger partial charge in [-0.15, -0.1) is 10.2 Å². The van der Waals surface area contributed by atoms with Crippen LogP contribution in [0.5, 0.6) is 0 Å². The van der Waals surface area contributed by atoms with E-state index in [9.17, 15) is 8.42 Å². The molecule has 0 bridgehead atoms. The summed E-state index contributed by atoms with van der Waals surface area (Å²) in [5, 5.41) is 8.68. The van der Waals surface area contributed by atoms with Crippen molar-refractivity contribution in [3.05, 3.63) is 100 Å². The summed E-state index contributed by atoms with van der Waals surface area (Å²) in [6.07, 6.45) is 4.07. The molecular formula is C25H22ClN3O3S. The van der Waals surface area contributed by atoms with E-state index in [1.165, 1.54) is 5.56 Å². The molecule has 1 heterocycles. The Bertz CT molecular complexity index is 1390. The average Bonchev–Trinajstić information content (AvgIpc) is 3.33. The first kappa shape index (κ1) is 21.8. The summed E-state index contributed by atoms with van der Waals surface area (Å²) in [6, 6.07) is 20.7. The highest BCUT2D eigenvalue weighted by Gasteiger charge is 2.29. The zero-order chi connectivity index (χ0) is 22.8. The van der Waals surface area contributed by atoms with E-state index < -0.39 is 16.1 Å². The summed E-state index contributed by atoms with van der Waals surface area (Å²) in [7, 11) is -3.90. The van der Waals surface area contributed by atoms with Gasteiger partial charge in [-0.25, -0.2) is 8.42 Å². The molecular weight excluding hydrogens is 458 g/mol. The molecule has 1 aliphatic rings. The maximum absolute atomic E-state index is 13.4. The normalized spacial score (nSPS) is 14.6. The fourth-order valence-electron chi connectivity index (χ4n) is 4.10. The third-order valence-corrected chi connectivity index (χ3v) is 7.59. The predicted octanol–water partition coefficient (Wildman–Crippen LogP) is 5.34. The number of aryl methyl sites for hydroxylation is 2. The van der Waals surface area contributed by atoms with E-state index in [1.54, 1.807) is 36.4 Å². The number of sulfonamides is 1. The number of nitrogens with zero attached hydrogens (tertiary/aromatic N) is 2. The van der Waals surface area contributed by atoms with Crippen LogP contribution in [0, 0.1) is 0 Å². The lowest BCUT2D eigenvalue weighted by Crippen LogP contribution is -2.30. The lowest BCUT2D eigenvalue weighted by atomic mass is 9.92. The SMILES string of the molecule is O=S(=O)(N[C@@H](c1nnc(-c2ccccc2)o1)c1ccccc1Cl)c1ccc2c(c1)CCCC2. The summed E-state index contributed by atoms with van der Waals surface area (Å²) in [6.45, 7) is 0. The Hall–Kier alpha value is -3.00. The highest BCUT2D eigenvalue weighted by atomic mass is 35.5. The number of halogens is 1. The van der Waals surface area contributed by atoms with E-state index in [-0.39, 0.29) is 10.8 Å². The van der Waals surface area contributed by atoms with Gasteiger partial charge in [0.05, 0.1) is 4.90 Å². The molecule has 0 aliphatic heterocycles. The van der Waals surface area contributed by atoms with Gasteiger partial charge in [0.15, 0.2) is 0 Å². The standard InChI is InChI=1S/C25H22ClN3O3S/c26-22-13-7-6-12-21(22)23(25-28-27-24(32-25)18-9-2-1-3-10-18)29-33(30,31)20-15-14-17-8-4-5-11-19(17)16-20/h1-3,6-7,9-10,12-16,23,29H,4-5,8,11H2/t23-/m1/s1. The minimum absolute atomic E-state index is 0.114. The minimum atomic E-state index is -3.90. The summed E-state index contributed by atoms with van der Waals surface area (Å²) < 4.78 is 35.5. The molecule has 168 valence electrons. The van der Waals surface area contributed by atoms with Gasteiger partial charge >= 0.3 is 0 Å². The second-order valence-electron chi connectivity index (χ2n) is 8.02. The van der Waals surface area contributed by atoms with Crippen LogP contribution in [0.15, 0.2) is 82.1 Å². The molecule has 6 nitrogen and oxygen atoms in total. The van der Waals surface area contributed by atoms with Crippen LogP contribution in [-0.2, 0) is 22.9 Å². The zero-order valence-electron chi connectivity index (χ0n) is 17.7. The van der Waals surface area contributed by atoms with E-state index in [4.69, 9.17) is 16.0 Å². The van der Waals surface area contributed by atoms with Crippen molar-refractivity contribution in [2.45, 2.75) is 36.6 Å². The molecule has 0 amide bonds. The van der Waals surface area contributed by atoms with Crippen molar-refractivity contribution in [2.75, 3.05) is 0 Å². The van der Waals surface area contributed by atoms with Crippen molar-refractivity contribution >= 4 is 21.6 Å². The fourth-order valence-corrected chi connectivity index (χ4v) is 5.57. The van der Waals surface area contributed by atoms with E-state index in [0.29, 0.717) is 16.5 Å². The molecule has 1 aromatic heterocycles. The lowest BCUT2D eigenvalue weighted by molar-refractivity contribution is 0.464. The van der Waals surface area contributed by atoms with Crippen molar-refractivity contribution in [3.8, 4) is 11.5 Å². The lowest BCUT2D eigenvalue weighted by Gasteiger charge is -2.19. The number of benzene rings is 3. The van der Waals surface area contributed by atoms with Crippen LogP contribution in [-0.4, -0.2) is 18.6 Å². The number of fused-ring (bicyclic) bond motifs is 1. The van der Waals surface area contributed by atoms with Crippen LogP contribution < -0.4 is 4.72 Å². The third-order valence-electron chi connectivity index (χ3n) is 5.83. The van der Waals surface area contributed by atoms with E-state index in [1.807, 2.05) is 36.4 Å². The van der Waals surface area contributed by atoms with Crippen LogP contribution in [0.2, 0.25) is 5.02 Å². The molecule has 0 unspecified atom stereocenters. The molecule has 3 aromatic carbocycles. The molecule has 0 spiro atoms. The molecule has 0 saturated carbocycles. The Morgan fingerprint density at radius 1 is 0.879 bits per heavy atom. The van der Waals surface area contributed by atoms with Gasteiger partial charge in [0, 0.05) is 10.6 Å². The highest BCUT2D eigenvalue weighted by Crippen LogP contribution is 2.31. The van der Waals surface area contributed by atoms with Gasteiger partial charge in [-0.3, -0.25) is 0 Å². The maximum atomic E-state index is 13.4. The van der Waals surface area contributed by atoms with E-state index in [0.717, 1.165) is 36.8 Å². The van der Waals surface area contributed by atoms with Crippen molar-refractivity contribution in [1.82, 2.24) is 14.9 Å². The van der Waals surface area contributed by atoms with Gasteiger partial charge in [0.2, 0.25) is 21.8 Å². The van der Waals surface area contributed by atoms with Gasteiger partial charge in [-0.2, -0.15) is 4.72 Å². The first-order chi connectivity index (χ1) is 16.0. The smallest absolute Gasteiger partial charge is 0.247 e. The summed E-state index contributed by atoms with van der Waals surface area (Å²) >= 11 is 6.44. The summed E-state index contributed by atoms with van der Waals surface area (Å²) in [5.74, 6) is 0.416. The predicted molar refractivity (Wildman–Crippen MR) is 126 cm³/mol. The number of hydrogen-bond acceptors (Lipinski definition) is 5. The number of nitrogens with one attached hydrogen (secondary N) is 1. The van der Waals surface area contributed by atoms with Gasteiger partial charge in [-0.1, -0.05) is 54.1 Å². The van der Waals surface area contributed by atoms with E-state index in [2.05, 4.69) is 14.9 Å². The molecule has 1 aliphatic carbocycles. The molecule has 0 fully saturated rings. The zero-order valence-corrected chi connectivity index (χ0v) is 19.3. The summed E-state index contributed by atoms with van der Waals surface area (Å²) in [5.41, 5.74) is 3.57. The Balaban J connectivity index is 1.53. The van der Waals surface area contributed by atoms with Crippen molar-refractivity contribution < 1.29 is 12.8 Å². The summed E-state index contributed by atoms with van der Waals surface area (Å²) in [4.78, 5) is 0.211. The first-order valence-electron chi connectivity index (χ1n) is 10.8. The molecule has 5 rings (SSSR count). The maximum Gasteiger partial charge on any atom is 0.247 e. The largest absolute Gasteiger partial charge is 0.419 e. The van der Waals surface area contributed by atoms with Gasteiger partial charge in [0.25, 0.3) is 0 Å². The van der Waals surface area contributed by atoms with Gasteiger partial charge in [0.1, 0.15) is 6.04 Å². The minimum Gasteiger partial charge on any atom is -0.419 e. The Morgan fingerprint density at radius 2 is 1.61 bits per heavy atom. The quantitative estimate of drug-likeness (QED) is 0.403. The van der Waals surface area contributed by atoms with Gasteiger partial charge < -0.3 is 4.42 Å². The number of rotatable bonds is 6. The topological polar surface area (TPSA) is 85.1 Å². The van der Waals surface area contributed by atoms with Crippen LogP contribution in [0.25, 0.3) is 11.5 Å². The first-order valence-corrected chi connectivity index (χ1v) is 12.6. The van der Waals surface area contributed by atoms with Crippen molar-refractivity contribution in [2.24, 2.45) is 0 Å². The molecule has 8 heteroatoms. The molecule has 0 saturated heterocycles. The van der Waals surface area contributed by atoms with Crippen LogP contribution in [0.1, 0.15) is 41.5 Å². The van der Waals surface area contributed by atoms with Crippen LogP contribution in [0.3, 0.4) is 0 Å². The highest BCUT2D eigenvalue weighted by molar-refractivity contribution is 7.89. The molecule has 1 atom stereocenters.